The minimum absolute atomic E-state index is 0. The van der Waals surface area contributed by atoms with Gasteiger partial charge in [-0.2, -0.15) is 18.1 Å². The molecule has 2 atom stereocenters. The van der Waals surface area contributed by atoms with Gasteiger partial charge in [0.2, 0.25) is 11.8 Å². The summed E-state index contributed by atoms with van der Waals surface area (Å²) in [4.78, 5) is 40.2. The van der Waals surface area contributed by atoms with Crippen LogP contribution in [0.5, 0.6) is 11.5 Å². The fraction of sp³-hybridized carbons (Fsp3) is 0.405. The van der Waals surface area contributed by atoms with Crippen molar-refractivity contribution in [2.75, 3.05) is 17.7 Å². The van der Waals surface area contributed by atoms with E-state index in [4.69, 9.17) is 15.2 Å². The van der Waals surface area contributed by atoms with Gasteiger partial charge in [0.1, 0.15) is 28.9 Å². The minimum atomic E-state index is -1.01. The van der Waals surface area contributed by atoms with Crippen LogP contribution in [0.3, 0.4) is 0 Å². The zero-order valence-electron chi connectivity index (χ0n) is 32.6. The van der Waals surface area contributed by atoms with Gasteiger partial charge >= 0.3 is 29.6 Å². The fourth-order valence-corrected chi connectivity index (χ4v) is 7.27. The Labute approximate surface area is 352 Å². The molecule has 7 rings (SSSR count). The number of nitrogens with one attached hydrogen (secondary N) is 2. The van der Waals surface area contributed by atoms with Gasteiger partial charge in [-0.3, -0.25) is 24.3 Å². The number of amides is 2. The first-order valence-electron chi connectivity index (χ1n) is 18.9. The molecule has 3 aliphatic rings. The second kappa shape index (κ2) is 20.3. The molecule has 0 radical (unpaired) electrons. The Hall–Kier alpha value is -4.42. The second-order valence-electron chi connectivity index (χ2n) is 13.9. The number of hydrogen-bond donors (Lipinski definition) is 3. The van der Waals surface area contributed by atoms with Crippen LogP contribution < -0.4 is 56.2 Å². The number of ether oxygens (including phenoxy) is 2. The zero-order chi connectivity index (χ0) is 40.6. The molecule has 4 N–H and O–H groups in total. The number of carbonyl (C=O) groups is 2. The van der Waals surface area contributed by atoms with E-state index in [1.165, 1.54) is 54.4 Å². The van der Waals surface area contributed by atoms with E-state index >= 15 is 4.39 Å². The minimum Gasteiger partial charge on any atom is -0.450 e. The largest absolute Gasteiger partial charge is 1.00 e. The van der Waals surface area contributed by atoms with E-state index in [0.717, 1.165) is 24.5 Å². The van der Waals surface area contributed by atoms with Gasteiger partial charge in [0.15, 0.2) is 23.1 Å². The number of hydrogen-bond acceptors (Lipinski definition) is 9. The summed E-state index contributed by atoms with van der Waals surface area (Å²) in [5.74, 6) is -3.32. The normalized spacial score (nSPS) is 18.8. The number of fused-ring (bicyclic) bond motifs is 1. The molecule has 298 valence electrons. The van der Waals surface area contributed by atoms with Crippen LogP contribution in [0.1, 0.15) is 101 Å². The number of nitriles is 1. The third-order valence-corrected chi connectivity index (χ3v) is 10.4. The summed E-state index contributed by atoms with van der Waals surface area (Å²) in [5.41, 5.74) is 5.73. The van der Waals surface area contributed by atoms with Gasteiger partial charge in [-0.05, 0) is 73.6 Å². The first-order chi connectivity index (χ1) is 27.0. The van der Waals surface area contributed by atoms with Crippen LogP contribution in [0.15, 0.2) is 53.6 Å². The summed E-state index contributed by atoms with van der Waals surface area (Å²) < 4.78 is 56.5. The van der Waals surface area contributed by atoms with Crippen molar-refractivity contribution >= 4 is 34.1 Å². The van der Waals surface area contributed by atoms with E-state index in [1.54, 1.807) is 6.07 Å². The maximum absolute atomic E-state index is 15.4. The Morgan fingerprint density at radius 2 is 1.75 bits per heavy atom. The van der Waals surface area contributed by atoms with Crippen molar-refractivity contribution in [3.05, 3.63) is 102 Å². The maximum Gasteiger partial charge on any atom is 1.00 e. The van der Waals surface area contributed by atoms with Crippen LogP contribution in [-0.2, 0) is 14.3 Å². The molecule has 2 amide bonds. The third-order valence-electron chi connectivity index (χ3n) is 10.4. The maximum atomic E-state index is 15.4. The van der Waals surface area contributed by atoms with Gasteiger partial charge in [-0.15, -0.1) is 0 Å². The van der Waals surface area contributed by atoms with E-state index in [2.05, 4.69) is 29.5 Å². The predicted molar refractivity (Wildman–Crippen MR) is 207 cm³/mol. The molecule has 2 aliphatic heterocycles. The molecular weight excluding hydrogens is 748 g/mol. The number of carbonyl (C=O) groups excluding carboxylic acids is 2. The van der Waals surface area contributed by atoms with Crippen molar-refractivity contribution in [3.8, 4) is 17.6 Å². The van der Waals surface area contributed by atoms with Crippen molar-refractivity contribution in [3.63, 3.8) is 0 Å². The van der Waals surface area contributed by atoms with Gasteiger partial charge in [-0.1, -0.05) is 39.2 Å². The molecule has 15 heteroatoms. The third kappa shape index (κ3) is 10.2. The number of rotatable bonds is 8. The van der Waals surface area contributed by atoms with Gasteiger partial charge in [0.25, 0.3) is 5.56 Å². The van der Waals surface area contributed by atoms with Gasteiger partial charge < -0.3 is 34.4 Å². The summed E-state index contributed by atoms with van der Waals surface area (Å²) in [5, 5.41) is 14.3. The first-order valence-corrected chi connectivity index (χ1v) is 18.9. The van der Waals surface area contributed by atoms with Crippen LogP contribution in [0.25, 0.3) is 10.9 Å². The van der Waals surface area contributed by atoms with Crippen LogP contribution in [0.2, 0.25) is 0 Å². The summed E-state index contributed by atoms with van der Waals surface area (Å²) in [6.07, 6.45) is 9.26. The molecule has 2 unspecified atom stereocenters. The zero-order valence-corrected chi connectivity index (χ0v) is 34.6. The first kappa shape index (κ1) is 45.3. The van der Waals surface area contributed by atoms with Gasteiger partial charge in [0, 0.05) is 17.7 Å². The second-order valence-corrected chi connectivity index (χ2v) is 13.9. The molecule has 3 aromatic carbocycles. The van der Waals surface area contributed by atoms with E-state index < -0.39 is 40.3 Å². The quantitative estimate of drug-likeness (QED) is 0.0944. The molecule has 11 nitrogen and oxygen atoms in total. The Kier molecular flexibility index (Phi) is 16.1. The molecule has 3 heterocycles. The van der Waals surface area contributed by atoms with Crippen molar-refractivity contribution in [1.29, 1.82) is 5.26 Å². The average molecular weight is 796 g/mol. The molecule has 4 aromatic rings. The number of nitrogens with two attached hydrogens (primary N) is 1. The number of anilines is 2. The Morgan fingerprint density at radius 1 is 1.04 bits per heavy atom. The van der Waals surface area contributed by atoms with Crippen molar-refractivity contribution < 1.29 is 61.8 Å². The molecule has 57 heavy (non-hydrogen) atoms. The Balaban J connectivity index is 0.000000252. The SMILES string of the molecule is CC.O=C1CCC(Nc2ccc(C3CCCCC3)c(F)c2)C(=O)N1.[CH2-]CC1(C[CH2-])CC(n2cnc3ccc(Oc4c(F)ccc(N)c4C#N)c(F)c3c2=O)CO1.[Na+]. The van der Waals surface area contributed by atoms with E-state index in [-0.39, 0.29) is 82.0 Å². The number of imide groups is 1. The molecule has 2 saturated heterocycles. The molecule has 1 aromatic heterocycles. The number of nitrogen functional groups attached to an aromatic ring is 1. The summed E-state index contributed by atoms with van der Waals surface area (Å²) >= 11 is 0. The molecule has 3 fully saturated rings. The summed E-state index contributed by atoms with van der Waals surface area (Å²) in [6, 6.07) is 10.9. The molecule has 0 spiro atoms. The van der Waals surface area contributed by atoms with Crippen LogP contribution in [0, 0.1) is 42.6 Å². The Bertz CT molecular complexity index is 2170. The van der Waals surface area contributed by atoms with Crippen LogP contribution in [0.4, 0.5) is 24.5 Å². The average Bonchev–Trinajstić information content (AvgIpc) is 3.65. The molecule has 1 saturated carbocycles. The molecular formula is C42H47F3N6NaO5-. The van der Waals surface area contributed by atoms with E-state index in [1.807, 2.05) is 26.0 Å². The predicted octanol–water partition coefficient (Wildman–Crippen LogP) is 5.19. The van der Waals surface area contributed by atoms with E-state index in [0.29, 0.717) is 43.7 Å². The van der Waals surface area contributed by atoms with Crippen LogP contribution in [-0.4, -0.2) is 39.6 Å². The summed E-state index contributed by atoms with van der Waals surface area (Å²) in [7, 11) is 0. The Morgan fingerprint density at radius 3 is 2.39 bits per heavy atom. The monoisotopic (exact) mass is 795 g/mol. The van der Waals surface area contributed by atoms with Crippen LogP contribution >= 0.6 is 0 Å². The number of halogens is 3. The summed E-state index contributed by atoms with van der Waals surface area (Å²) in [6.45, 7) is 12.0. The van der Waals surface area contributed by atoms with Crippen molar-refractivity contribution in [1.82, 2.24) is 14.9 Å². The molecule has 0 bridgehead atoms. The van der Waals surface area contributed by atoms with Crippen molar-refractivity contribution in [2.24, 2.45) is 0 Å². The van der Waals surface area contributed by atoms with Gasteiger partial charge in [0.05, 0.1) is 30.2 Å². The number of aromatic nitrogens is 2. The molecule has 1 aliphatic carbocycles. The number of piperidine rings is 1. The topological polar surface area (TPSA) is 161 Å². The van der Waals surface area contributed by atoms with Gasteiger partial charge in [-0.25, -0.2) is 18.2 Å². The van der Waals surface area contributed by atoms with Crippen molar-refractivity contribution in [2.45, 2.75) is 102 Å². The standard InChI is InChI=1S/C23H20F2N4O3.C17H21FN2O2.C2H6.Na/c1-3-23(4-2)9-13(11-31-23)29-12-28-17-7-8-18(20(25)19(17)22(29)30)32-21-14(10-26)16(27)6-5-15(21)24;18-14-10-12(19-15-8-9-16(21)20-17(15)22)6-7-13(14)11-4-2-1-3-5-11;1-2;/h5-8,12-13H,1-4,9,11,27H2;6-7,10-11,15,19H,1-5,8-9H2,(H,20,21,22);1-2H3;/q-2;;;+1. The number of benzene rings is 3. The smallest absolute Gasteiger partial charge is 0.450 e. The number of nitrogens with zero attached hydrogens (tertiary/aromatic N) is 3. The fourth-order valence-electron chi connectivity index (χ4n) is 7.27. The van der Waals surface area contributed by atoms with E-state index in [9.17, 15) is 28.4 Å².